The molecule has 6 nitrogen and oxygen atoms in total. The van der Waals surface area contributed by atoms with E-state index in [2.05, 4.69) is 10.3 Å². The number of hydrogen-bond donors (Lipinski definition) is 1. The molecule has 1 atom stereocenters. The number of pyridine rings is 1. The van der Waals surface area contributed by atoms with Gasteiger partial charge in [-0.2, -0.15) is 13.2 Å². The Morgan fingerprint density at radius 3 is 2.23 bits per heavy atom. The Hall–Kier alpha value is -3.10. The highest BCUT2D eigenvalue weighted by molar-refractivity contribution is 6.03. The molecule has 1 heterocycles. The second-order valence-corrected chi connectivity index (χ2v) is 7.40. The number of carbonyl (C=O) groups excluding carboxylic acids is 2. The second-order valence-electron chi connectivity index (χ2n) is 7.40. The first-order valence-corrected chi connectivity index (χ1v) is 10.1. The van der Waals surface area contributed by atoms with Crippen LogP contribution in [0, 0.1) is 0 Å². The highest BCUT2D eigenvalue weighted by atomic mass is 19.4. The van der Waals surface area contributed by atoms with Crippen LogP contribution in [0.1, 0.15) is 43.7 Å². The van der Waals surface area contributed by atoms with Crippen LogP contribution in [-0.2, 0) is 9.59 Å². The van der Waals surface area contributed by atoms with Gasteiger partial charge in [0, 0.05) is 24.1 Å². The molecule has 3 rings (SSSR count). The number of halogens is 3. The maximum absolute atomic E-state index is 13.6. The molecule has 1 aliphatic carbocycles. The van der Waals surface area contributed by atoms with Crippen molar-refractivity contribution in [2.24, 2.45) is 0 Å². The number of anilines is 1. The molecular weight excluding hydrogens is 411 g/mol. The third kappa shape index (κ3) is 5.53. The fourth-order valence-electron chi connectivity index (χ4n) is 3.75. The van der Waals surface area contributed by atoms with Crippen LogP contribution in [0.2, 0.25) is 0 Å². The van der Waals surface area contributed by atoms with Gasteiger partial charge in [-0.1, -0.05) is 19.3 Å². The molecule has 1 N–H and O–H groups in total. The summed E-state index contributed by atoms with van der Waals surface area (Å²) in [6, 6.07) is 6.76. The molecule has 0 aliphatic heterocycles. The highest BCUT2D eigenvalue weighted by Crippen LogP contribution is 2.34. The first-order chi connectivity index (χ1) is 14.8. The Bertz CT molecular complexity index is 882. The first-order valence-electron chi connectivity index (χ1n) is 10.1. The van der Waals surface area contributed by atoms with Gasteiger partial charge < -0.3 is 10.1 Å². The Morgan fingerprint density at radius 2 is 1.68 bits per heavy atom. The first kappa shape index (κ1) is 22.6. The van der Waals surface area contributed by atoms with Gasteiger partial charge in [0.25, 0.3) is 0 Å². The summed E-state index contributed by atoms with van der Waals surface area (Å²) >= 11 is 0. The molecule has 166 valence electrons. The fourth-order valence-corrected chi connectivity index (χ4v) is 3.75. The van der Waals surface area contributed by atoms with Crippen molar-refractivity contribution in [2.75, 3.05) is 12.0 Å². The minimum Gasteiger partial charge on any atom is -0.497 e. The SMILES string of the molecule is COc1ccc(N(C(=O)C(F)(F)F)[C@@H](C(=O)NC2CCCCC2)c2ccncc2)cc1. The van der Waals surface area contributed by atoms with E-state index in [1.165, 1.54) is 55.9 Å². The Morgan fingerprint density at radius 1 is 1.06 bits per heavy atom. The minimum absolute atomic E-state index is 0.0660. The molecule has 0 radical (unpaired) electrons. The fraction of sp³-hybridized carbons (Fsp3) is 0.409. The van der Waals surface area contributed by atoms with Crippen LogP contribution in [0.25, 0.3) is 0 Å². The molecule has 0 bridgehead atoms. The van der Waals surface area contributed by atoms with E-state index in [0.29, 0.717) is 10.6 Å². The van der Waals surface area contributed by atoms with Crippen LogP contribution in [0.3, 0.4) is 0 Å². The van der Waals surface area contributed by atoms with E-state index in [1.54, 1.807) is 0 Å². The minimum atomic E-state index is -5.17. The summed E-state index contributed by atoms with van der Waals surface area (Å²) in [5, 5.41) is 2.85. The average Bonchev–Trinajstić information content (AvgIpc) is 2.77. The predicted octanol–water partition coefficient (Wildman–Crippen LogP) is 4.18. The molecule has 0 saturated heterocycles. The van der Waals surface area contributed by atoms with Crippen molar-refractivity contribution in [1.82, 2.24) is 10.3 Å². The third-order valence-corrected chi connectivity index (χ3v) is 5.29. The van der Waals surface area contributed by atoms with Gasteiger partial charge in [-0.15, -0.1) is 0 Å². The van der Waals surface area contributed by atoms with Crippen molar-refractivity contribution in [1.29, 1.82) is 0 Å². The van der Waals surface area contributed by atoms with Gasteiger partial charge in [0.1, 0.15) is 11.8 Å². The maximum atomic E-state index is 13.6. The van der Waals surface area contributed by atoms with Crippen molar-refractivity contribution in [2.45, 2.75) is 50.4 Å². The summed E-state index contributed by atoms with van der Waals surface area (Å²) in [4.78, 5) is 30.1. The number of aromatic nitrogens is 1. The summed E-state index contributed by atoms with van der Waals surface area (Å²) in [6.07, 6.45) is 2.03. The van der Waals surface area contributed by atoms with E-state index < -0.39 is 24.0 Å². The Labute approximate surface area is 178 Å². The summed E-state index contributed by atoms with van der Waals surface area (Å²) in [5.74, 6) is -2.37. The number of benzene rings is 1. The quantitative estimate of drug-likeness (QED) is 0.739. The molecule has 2 amide bonds. The zero-order valence-electron chi connectivity index (χ0n) is 17.1. The van der Waals surface area contributed by atoms with E-state index in [-0.39, 0.29) is 17.3 Å². The number of carbonyl (C=O) groups is 2. The van der Waals surface area contributed by atoms with Crippen LogP contribution in [0.4, 0.5) is 18.9 Å². The second kappa shape index (κ2) is 9.80. The van der Waals surface area contributed by atoms with E-state index in [9.17, 15) is 22.8 Å². The lowest BCUT2D eigenvalue weighted by Gasteiger charge is -2.33. The van der Waals surface area contributed by atoms with Crippen LogP contribution < -0.4 is 15.0 Å². The van der Waals surface area contributed by atoms with Gasteiger partial charge >= 0.3 is 12.1 Å². The summed E-state index contributed by atoms with van der Waals surface area (Å²) < 4.78 is 45.8. The maximum Gasteiger partial charge on any atom is 0.471 e. The zero-order valence-corrected chi connectivity index (χ0v) is 17.1. The smallest absolute Gasteiger partial charge is 0.471 e. The van der Waals surface area contributed by atoms with Crippen molar-refractivity contribution < 1.29 is 27.5 Å². The zero-order chi connectivity index (χ0) is 22.4. The number of nitrogens with one attached hydrogen (secondary N) is 1. The molecule has 1 aliphatic rings. The van der Waals surface area contributed by atoms with Crippen LogP contribution in [-0.4, -0.2) is 36.1 Å². The number of nitrogens with zero attached hydrogens (tertiary/aromatic N) is 2. The van der Waals surface area contributed by atoms with Crippen molar-refractivity contribution in [3.63, 3.8) is 0 Å². The molecular formula is C22H24F3N3O3. The average molecular weight is 435 g/mol. The molecule has 1 aromatic heterocycles. The lowest BCUT2D eigenvalue weighted by molar-refractivity contribution is -0.171. The predicted molar refractivity (Wildman–Crippen MR) is 109 cm³/mol. The lowest BCUT2D eigenvalue weighted by atomic mass is 9.94. The van der Waals surface area contributed by atoms with Crippen LogP contribution in [0.15, 0.2) is 48.8 Å². The van der Waals surface area contributed by atoms with Gasteiger partial charge in [0.2, 0.25) is 5.91 Å². The third-order valence-electron chi connectivity index (χ3n) is 5.29. The van der Waals surface area contributed by atoms with Crippen molar-refractivity contribution in [3.8, 4) is 5.75 Å². The summed E-state index contributed by atoms with van der Waals surface area (Å²) in [7, 11) is 1.42. The van der Waals surface area contributed by atoms with E-state index >= 15 is 0 Å². The van der Waals surface area contributed by atoms with Crippen LogP contribution >= 0.6 is 0 Å². The Balaban J connectivity index is 2.05. The molecule has 9 heteroatoms. The van der Waals surface area contributed by atoms with Gasteiger partial charge in [-0.3, -0.25) is 19.5 Å². The monoisotopic (exact) mass is 435 g/mol. The number of methoxy groups -OCH3 is 1. The molecule has 2 aromatic rings. The number of ether oxygens (including phenoxy) is 1. The highest BCUT2D eigenvalue weighted by Gasteiger charge is 2.47. The molecule has 31 heavy (non-hydrogen) atoms. The van der Waals surface area contributed by atoms with Crippen molar-refractivity contribution in [3.05, 3.63) is 54.4 Å². The normalized spacial score (nSPS) is 15.7. The molecule has 1 aromatic carbocycles. The number of alkyl halides is 3. The van der Waals surface area contributed by atoms with E-state index in [0.717, 1.165) is 32.1 Å². The van der Waals surface area contributed by atoms with E-state index in [1.807, 2.05) is 0 Å². The van der Waals surface area contributed by atoms with Gasteiger partial charge in [-0.25, -0.2) is 0 Å². The van der Waals surface area contributed by atoms with Gasteiger partial charge in [-0.05, 0) is 54.8 Å². The standard InChI is InChI=1S/C22H24F3N3O3/c1-31-18-9-7-17(8-10-18)28(21(30)22(23,24)25)19(15-11-13-26-14-12-15)20(29)27-16-5-3-2-4-6-16/h7-14,16,19H,2-6H2,1H3,(H,27,29)/t19-/m1/s1. The van der Waals surface area contributed by atoms with Gasteiger partial charge in [0.05, 0.1) is 7.11 Å². The summed E-state index contributed by atoms with van der Waals surface area (Å²) in [5.41, 5.74) is 0.167. The van der Waals surface area contributed by atoms with Gasteiger partial charge in [0.15, 0.2) is 0 Å². The molecule has 0 spiro atoms. The topological polar surface area (TPSA) is 71.5 Å². The largest absolute Gasteiger partial charge is 0.497 e. The molecule has 1 saturated carbocycles. The Kier molecular flexibility index (Phi) is 7.14. The number of amides is 2. The molecule has 1 fully saturated rings. The van der Waals surface area contributed by atoms with Crippen molar-refractivity contribution >= 4 is 17.5 Å². The van der Waals surface area contributed by atoms with E-state index in [4.69, 9.17) is 4.74 Å². The van der Waals surface area contributed by atoms with Crippen LogP contribution in [0.5, 0.6) is 5.75 Å². The number of hydrogen-bond acceptors (Lipinski definition) is 4. The number of rotatable bonds is 6. The lowest BCUT2D eigenvalue weighted by Crippen LogP contribution is -2.50. The summed E-state index contributed by atoms with van der Waals surface area (Å²) in [6.45, 7) is 0. The molecule has 0 unspecified atom stereocenters.